The molecular weight excluding hydrogens is 470 g/mol. The first-order valence-electron chi connectivity index (χ1n) is 10.7. The largest absolute Gasteiger partial charge is 0.326 e. The van der Waals surface area contributed by atoms with Gasteiger partial charge in [0, 0.05) is 24.7 Å². The number of imide groups is 1. The van der Waals surface area contributed by atoms with Crippen molar-refractivity contribution in [3.05, 3.63) is 36.4 Å². The molecule has 1 aliphatic carbocycles. The SMILES string of the molecule is O=C(CCN1C(=O)[C@@H]2CC=CC[C@H]2C1=O)Nc1ccc(S(=O)(=O)N[C@H]2CCS(=O)(=O)C2)cc1. The second-order valence-corrected chi connectivity index (χ2v) is 12.5. The number of nitrogens with one attached hydrogen (secondary N) is 2. The third-order valence-corrected chi connectivity index (χ3v) is 9.47. The van der Waals surface area contributed by atoms with Crippen LogP contribution in [0.5, 0.6) is 0 Å². The first-order chi connectivity index (χ1) is 15.6. The van der Waals surface area contributed by atoms with Crippen molar-refractivity contribution in [3.8, 4) is 0 Å². The Hall–Kier alpha value is -2.57. The molecule has 0 unspecified atom stereocenters. The summed E-state index contributed by atoms with van der Waals surface area (Å²) in [6, 6.07) is 4.81. The van der Waals surface area contributed by atoms with Crippen LogP contribution >= 0.6 is 0 Å². The van der Waals surface area contributed by atoms with Crippen molar-refractivity contribution in [1.82, 2.24) is 9.62 Å². The fourth-order valence-electron chi connectivity index (χ4n) is 4.42. The van der Waals surface area contributed by atoms with Gasteiger partial charge in [-0.2, -0.15) is 0 Å². The Morgan fingerprint density at radius 1 is 1.03 bits per heavy atom. The van der Waals surface area contributed by atoms with Crippen LogP contribution in [0.25, 0.3) is 0 Å². The summed E-state index contributed by atoms with van der Waals surface area (Å²) in [7, 11) is -7.12. The van der Waals surface area contributed by atoms with Gasteiger partial charge >= 0.3 is 0 Å². The van der Waals surface area contributed by atoms with Crippen LogP contribution in [0.4, 0.5) is 5.69 Å². The Labute approximate surface area is 192 Å². The van der Waals surface area contributed by atoms with E-state index in [1.54, 1.807) is 0 Å². The number of hydrogen-bond acceptors (Lipinski definition) is 7. The van der Waals surface area contributed by atoms with Crippen LogP contribution in [0.15, 0.2) is 41.3 Å². The summed E-state index contributed by atoms with van der Waals surface area (Å²) >= 11 is 0. The van der Waals surface area contributed by atoms with E-state index in [0.717, 1.165) is 4.90 Å². The van der Waals surface area contributed by atoms with Gasteiger partial charge in [-0.3, -0.25) is 19.3 Å². The zero-order valence-electron chi connectivity index (χ0n) is 17.8. The van der Waals surface area contributed by atoms with E-state index < -0.39 is 31.8 Å². The Kier molecular flexibility index (Phi) is 6.43. The number of sulfone groups is 1. The molecule has 0 saturated carbocycles. The van der Waals surface area contributed by atoms with Gasteiger partial charge in [-0.05, 0) is 43.5 Å². The number of sulfonamides is 1. The minimum absolute atomic E-state index is 0.00280. The Balaban J connectivity index is 1.30. The van der Waals surface area contributed by atoms with E-state index in [4.69, 9.17) is 0 Å². The molecule has 10 nitrogen and oxygen atoms in total. The topological polar surface area (TPSA) is 147 Å². The maximum Gasteiger partial charge on any atom is 0.240 e. The molecule has 2 saturated heterocycles. The number of nitrogens with zero attached hydrogens (tertiary/aromatic N) is 1. The lowest BCUT2D eigenvalue weighted by Crippen LogP contribution is -2.35. The molecular formula is C21H25N3O7S2. The van der Waals surface area contributed by atoms with Crippen LogP contribution in [0.3, 0.4) is 0 Å². The molecule has 2 heterocycles. The standard InChI is InChI=1S/C21H25N3O7S2/c25-19(9-11-24-20(26)17-3-1-2-4-18(17)21(24)27)22-14-5-7-16(8-6-14)33(30,31)23-15-10-12-32(28,29)13-15/h1-2,5-8,15,17-18,23H,3-4,9-13H2,(H,22,25)/t15-,17+,18+/m0/s1. The fourth-order valence-corrected chi connectivity index (χ4v) is 7.47. The number of anilines is 1. The van der Waals surface area contributed by atoms with Crippen molar-refractivity contribution in [1.29, 1.82) is 0 Å². The number of likely N-dealkylation sites (tertiary alicyclic amines) is 1. The zero-order valence-corrected chi connectivity index (χ0v) is 19.4. The Bertz CT molecular complexity index is 1180. The number of rotatable bonds is 7. The van der Waals surface area contributed by atoms with Crippen molar-refractivity contribution >= 4 is 43.3 Å². The van der Waals surface area contributed by atoms with Crippen molar-refractivity contribution in [3.63, 3.8) is 0 Å². The maximum absolute atomic E-state index is 12.5. The van der Waals surface area contributed by atoms with Gasteiger partial charge in [-0.1, -0.05) is 12.2 Å². The first kappa shape index (κ1) is 23.6. The van der Waals surface area contributed by atoms with Gasteiger partial charge < -0.3 is 5.32 Å². The average Bonchev–Trinajstić information content (AvgIpc) is 3.22. The Morgan fingerprint density at radius 2 is 1.64 bits per heavy atom. The summed E-state index contributed by atoms with van der Waals surface area (Å²) in [6.45, 7) is -0.00280. The molecule has 3 atom stereocenters. The lowest BCUT2D eigenvalue weighted by Gasteiger charge is -2.15. The second-order valence-electron chi connectivity index (χ2n) is 8.53. The summed E-state index contributed by atoms with van der Waals surface area (Å²) in [5, 5.41) is 2.63. The molecule has 1 aromatic carbocycles. The number of allylic oxidation sites excluding steroid dienone is 2. The molecule has 0 radical (unpaired) electrons. The van der Waals surface area contributed by atoms with Gasteiger partial charge in [0.15, 0.2) is 9.84 Å². The molecule has 4 rings (SSSR count). The van der Waals surface area contributed by atoms with E-state index in [1.165, 1.54) is 24.3 Å². The Morgan fingerprint density at radius 3 is 2.18 bits per heavy atom. The second kappa shape index (κ2) is 8.99. The molecule has 33 heavy (non-hydrogen) atoms. The molecule has 0 spiro atoms. The molecule has 0 bridgehead atoms. The predicted molar refractivity (Wildman–Crippen MR) is 119 cm³/mol. The van der Waals surface area contributed by atoms with Crippen molar-refractivity contribution in [2.24, 2.45) is 11.8 Å². The van der Waals surface area contributed by atoms with E-state index >= 15 is 0 Å². The van der Waals surface area contributed by atoms with E-state index in [1.807, 2.05) is 12.2 Å². The minimum Gasteiger partial charge on any atom is -0.326 e. The maximum atomic E-state index is 12.5. The van der Waals surface area contributed by atoms with Crippen LogP contribution in [0.1, 0.15) is 25.7 Å². The molecule has 2 aliphatic heterocycles. The summed E-state index contributed by atoms with van der Waals surface area (Å²) in [4.78, 5) is 38.3. The summed E-state index contributed by atoms with van der Waals surface area (Å²) in [6.07, 6.45) is 5.05. The lowest BCUT2D eigenvalue weighted by atomic mass is 9.85. The van der Waals surface area contributed by atoms with E-state index in [2.05, 4.69) is 10.0 Å². The summed E-state index contributed by atoms with van der Waals surface area (Å²) < 4.78 is 50.4. The third-order valence-electron chi connectivity index (χ3n) is 6.16. The van der Waals surface area contributed by atoms with E-state index in [-0.39, 0.29) is 59.4 Å². The fraction of sp³-hybridized carbons (Fsp3) is 0.476. The van der Waals surface area contributed by atoms with Crippen molar-refractivity contribution < 1.29 is 31.2 Å². The molecule has 2 fully saturated rings. The highest BCUT2D eigenvalue weighted by molar-refractivity contribution is 7.92. The molecule has 1 aromatic rings. The van der Waals surface area contributed by atoms with Crippen LogP contribution < -0.4 is 10.0 Å². The predicted octanol–water partition coefficient (Wildman–Crippen LogP) is 0.432. The van der Waals surface area contributed by atoms with Gasteiger partial charge in [0.05, 0.1) is 28.2 Å². The molecule has 3 aliphatic rings. The molecule has 12 heteroatoms. The highest BCUT2D eigenvalue weighted by atomic mass is 32.2. The zero-order chi connectivity index (χ0) is 23.8. The van der Waals surface area contributed by atoms with Crippen LogP contribution in [0, 0.1) is 11.8 Å². The minimum atomic E-state index is -3.90. The number of benzene rings is 1. The summed E-state index contributed by atoms with van der Waals surface area (Å²) in [5.74, 6) is -1.82. The smallest absolute Gasteiger partial charge is 0.240 e. The summed E-state index contributed by atoms with van der Waals surface area (Å²) in [5.41, 5.74) is 0.360. The highest BCUT2D eigenvalue weighted by Crippen LogP contribution is 2.35. The molecule has 178 valence electrons. The molecule has 0 aromatic heterocycles. The lowest BCUT2D eigenvalue weighted by molar-refractivity contribution is -0.140. The highest BCUT2D eigenvalue weighted by Gasteiger charge is 2.46. The van der Waals surface area contributed by atoms with Gasteiger partial charge in [0.2, 0.25) is 27.7 Å². The van der Waals surface area contributed by atoms with Crippen LogP contribution in [0.2, 0.25) is 0 Å². The molecule has 2 N–H and O–H groups in total. The van der Waals surface area contributed by atoms with Gasteiger partial charge in [-0.25, -0.2) is 21.6 Å². The number of fused-ring (bicyclic) bond motifs is 1. The molecule has 3 amide bonds. The average molecular weight is 496 g/mol. The number of carbonyl (C=O) groups is 3. The quantitative estimate of drug-likeness (QED) is 0.412. The van der Waals surface area contributed by atoms with Crippen molar-refractivity contribution in [2.75, 3.05) is 23.4 Å². The van der Waals surface area contributed by atoms with Gasteiger partial charge in [-0.15, -0.1) is 0 Å². The first-order valence-corrected chi connectivity index (χ1v) is 14.0. The van der Waals surface area contributed by atoms with Crippen LogP contribution in [-0.4, -0.2) is 63.5 Å². The van der Waals surface area contributed by atoms with Crippen molar-refractivity contribution in [2.45, 2.75) is 36.6 Å². The number of amides is 3. The van der Waals surface area contributed by atoms with E-state index in [9.17, 15) is 31.2 Å². The number of hydrogen-bond donors (Lipinski definition) is 2. The normalized spacial score (nSPS) is 26.4. The monoisotopic (exact) mass is 495 g/mol. The third kappa shape index (κ3) is 5.17. The van der Waals surface area contributed by atoms with Crippen LogP contribution in [-0.2, 0) is 34.2 Å². The van der Waals surface area contributed by atoms with Gasteiger partial charge in [0.25, 0.3) is 0 Å². The van der Waals surface area contributed by atoms with E-state index in [0.29, 0.717) is 18.5 Å². The van der Waals surface area contributed by atoms with Gasteiger partial charge in [0.1, 0.15) is 0 Å². The number of carbonyl (C=O) groups excluding carboxylic acids is 3.